The molecule has 0 atom stereocenters. The number of aromatic amines is 1. The van der Waals surface area contributed by atoms with Crippen molar-refractivity contribution in [2.24, 2.45) is 0 Å². The van der Waals surface area contributed by atoms with Gasteiger partial charge < -0.3 is 15.0 Å². The van der Waals surface area contributed by atoms with E-state index in [2.05, 4.69) is 4.98 Å². The molecule has 1 heterocycles. The molecular formula is C11H15N3O5. The monoisotopic (exact) mass is 269 g/mol. The van der Waals surface area contributed by atoms with Crippen molar-refractivity contribution < 1.29 is 14.8 Å². The zero-order chi connectivity index (χ0) is 14.4. The van der Waals surface area contributed by atoms with E-state index in [0.717, 1.165) is 12.3 Å². The lowest BCUT2D eigenvalue weighted by Gasteiger charge is -2.19. The number of nitrogens with one attached hydrogen (secondary N) is 1. The quantitative estimate of drug-likeness (QED) is 0.562. The number of aromatic nitrogens is 1. The smallest absolute Gasteiger partial charge is 0.286 e. The summed E-state index contributed by atoms with van der Waals surface area (Å²) in [6.07, 6.45) is 1.33. The Labute approximate surface area is 108 Å². The van der Waals surface area contributed by atoms with Crippen LogP contribution < -0.4 is 5.56 Å². The molecule has 0 aliphatic carbocycles. The van der Waals surface area contributed by atoms with Crippen LogP contribution in [-0.2, 0) is 0 Å². The number of amides is 1. The Balaban J connectivity index is 3.06. The second-order valence-corrected chi connectivity index (χ2v) is 3.82. The Morgan fingerprint density at radius 2 is 2.26 bits per heavy atom. The molecule has 0 aliphatic rings. The van der Waals surface area contributed by atoms with Gasteiger partial charge >= 0.3 is 0 Å². The molecule has 1 aromatic heterocycles. The highest BCUT2D eigenvalue weighted by Crippen LogP contribution is 2.10. The van der Waals surface area contributed by atoms with E-state index in [0.29, 0.717) is 13.0 Å². The number of aliphatic hydroxyl groups is 1. The highest BCUT2D eigenvalue weighted by molar-refractivity contribution is 5.94. The third kappa shape index (κ3) is 3.62. The average Bonchev–Trinajstić information content (AvgIpc) is 2.39. The number of hydrogen-bond donors (Lipinski definition) is 2. The molecule has 0 unspecified atom stereocenters. The fourth-order valence-corrected chi connectivity index (χ4v) is 1.57. The summed E-state index contributed by atoms with van der Waals surface area (Å²) < 4.78 is 0. The van der Waals surface area contributed by atoms with Gasteiger partial charge in [-0.15, -0.1) is 0 Å². The SMILES string of the molecule is CCN(CCCO)C(=O)c1cc([N+](=O)[O-])c[nH]c1=O. The predicted octanol–water partition coefficient (Wildman–Crippen LogP) is 0.128. The first-order valence-corrected chi connectivity index (χ1v) is 5.78. The minimum atomic E-state index is -0.684. The third-order valence-electron chi connectivity index (χ3n) is 2.58. The first kappa shape index (κ1) is 14.8. The van der Waals surface area contributed by atoms with E-state index in [1.807, 2.05) is 0 Å². The number of H-pyrrole nitrogens is 1. The van der Waals surface area contributed by atoms with Crippen LogP contribution in [0.5, 0.6) is 0 Å². The maximum atomic E-state index is 12.1. The minimum Gasteiger partial charge on any atom is -0.396 e. The second kappa shape index (κ2) is 6.64. The van der Waals surface area contributed by atoms with Crippen LogP contribution in [0.2, 0.25) is 0 Å². The molecule has 0 aromatic carbocycles. The minimum absolute atomic E-state index is 0.0743. The molecular weight excluding hydrogens is 254 g/mol. The van der Waals surface area contributed by atoms with Crippen molar-refractivity contribution in [3.05, 3.63) is 38.3 Å². The molecule has 0 radical (unpaired) electrons. The summed E-state index contributed by atoms with van der Waals surface area (Å²) in [7, 11) is 0. The Morgan fingerprint density at radius 1 is 1.58 bits per heavy atom. The molecule has 1 amide bonds. The van der Waals surface area contributed by atoms with Gasteiger partial charge in [0.25, 0.3) is 17.2 Å². The van der Waals surface area contributed by atoms with Gasteiger partial charge in [-0.05, 0) is 13.3 Å². The van der Waals surface area contributed by atoms with Crippen LogP contribution in [0.25, 0.3) is 0 Å². The van der Waals surface area contributed by atoms with Gasteiger partial charge in [0.2, 0.25) is 0 Å². The molecule has 104 valence electrons. The summed E-state index contributed by atoms with van der Waals surface area (Å²) in [5.41, 5.74) is -1.28. The first-order chi connectivity index (χ1) is 9.01. The van der Waals surface area contributed by atoms with Gasteiger partial charge in [-0.3, -0.25) is 19.7 Å². The molecule has 8 nitrogen and oxygen atoms in total. The molecule has 19 heavy (non-hydrogen) atoms. The fourth-order valence-electron chi connectivity index (χ4n) is 1.57. The normalized spacial score (nSPS) is 10.2. The lowest BCUT2D eigenvalue weighted by molar-refractivity contribution is -0.385. The number of rotatable bonds is 6. The molecule has 1 rings (SSSR count). The van der Waals surface area contributed by atoms with Crippen molar-refractivity contribution in [1.29, 1.82) is 0 Å². The average molecular weight is 269 g/mol. The summed E-state index contributed by atoms with van der Waals surface area (Å²) in [4.78, 5) is 37.1. The Morgan fingerprint density at radius 3 is 2.79 bits per heavy atom. The molecule has 2 N–H and O–H groups in total. The van der Waals surface area contributed by atoms with E-state index >= 15 is 0 Å². The molecule has 1 aromatic rings. The van der Waals surface area contributed by atoms with E-state index in [9.17, 15) is 19.7 Å². The maximum absolute atomic E-state index is 12.1. The first-order valence-electron chi connectivity index (χ1n) is 5.78. The van der Waals surface area contributed by atoms with E-state index < -0.39 is 16.4 Å². The van der Waals surface area contributed by atoms with Crippen molar-refractivity contribution in [2.45, 2.75) is 13.3 Å². The molecule has 0 spiro atoms. The Bertz CT molecular complexity index is 525. The van der Waals surface area contributed by atoms with Gasteiger partial charge in [0, 0.05) is 25.8 Å². The van der Waals surface area contributed by atoms with Crippen molar-refractivity contribution in [1.82, 2.24) is 9.88 Å². The number of nitrogens with zero attached hydrogens (tertiary/aromatic N) is 2. The van der Waals surface area contributed by atoms with Crippen LogP contribution in [0.3, 0.4) is 0 Å². The van der Waals surface area contributed by atoms with Crippen LogP contribution in [0.4, 0.5) is 5.69 Å². The topological polar surface area (TPSA) is 117 Å². The second-order valence-electron chi connectivity index (χ2n) is 3.82. The Kier molecular flexibility index (Phi) is 5.19. The zero-order valence-electron chi connectivity index (χ0n) is 10.5. The largest absolute Gasteiger partial charge is 0.396 e. The van der Waals surface area contributed by atoms with Crippen LogP contribution >= 0.6 is 0 Å². The van der Waals surface area contributed by atoms with Crippen LogP contribution in [0.1, 0.15) is 23.7 Å². The summed E-state index contributed by atoms with van der Waals surface area (Å²) in [6.45, 7) is 2.28. The summed E-state index contributed by atoms with van der Waals surface area (Å²) in [5.74, 6) is -0.582. The number of carbonyl (C=O) groups is 1. The number of nitro groups is 1. The van der Waals surface area contributed by atoms with Gasteiger partial charge in [0.15, 0.2) is 0 Å². The lowest BCUT2D eigenvalue weighted by Crippen LogP contribution is -2.35. The van der Waals surface area contributed by atoms with Crippen molar-refractivity contribution in [3.63, 3.8) is 0 Å². The highest BCUT2D eigenvalue weighted by atomic mass is 16.6. The van der Waals surface area contributed by atoms with Gasteiger partial charge in [-0.25, -0.2) is 0 Å². The van der Waals surface area contributed by atoms with Gasteiger partial charge in [0.05, 0.1) is 11.1 Å². The lowest BCUT2D eigenvalue weighted by atomic mass is 10.2. The molecule has 0 saturated heterocycles. The Hall–Kier alpha value is -2.22. The van der Waals surface area contributed by atoms with Crippen molar-refractivity contribution >= 4 is 11.6 Å². The molecule has 0 aliphatic heterocycles. The maximum Gasteiger partial charge on any atom is 0.286 e. The van der Waals surface area contributed by atoms with E-state index in [1.54, 1.807) is 6.92 Å². The van der Waals surface area contributed by atoms with E-state index in [-0.39, 0.29) is 24.4 Å². The molecule has 0 bridgehead atoms. The number of pyridine rings is 1. The highest BCUT2D eigenvalue weighted by Gasteiger charge is 2.20. The summed E-state index contributed by atoms with van der Waals surface area (Å²) in [5, 5.41) is 19.4. The molecule has 0 fully saturated rings. The van der Waals surface area contributed by atoms with Crippen LogP contribution in [0.15, 0.2) is 17.1 Å². The van der Waals surface area contributed by atoms with Crippen LogP contribution in [-0.4, -0.2) is 45.5 Å². The fraction of sp³-hybridized carbons (Fsp3) is 0.455. The molecule has 0 saturated carbocycles. The van der Waals surface area contributed by atoms with Crippen molar-refractivity contribution in [3.8, 4) is 0 Å². The standard InChI is InChI=1S/C11H15N3O5/c1-2-13(4-3-5-15)11(17)9-6-8(14(18)19)7-12-10(9)16/h6-7,15H,2-5H2,1H3,(H,12,16). The third-order valence-corrected chi connectivity index (χ3v) is 2.58. The summed E-state index contributed by atoms with van der Waals surface area (Å²) in [6, 6.07) is 0.961. The summed E-state index contributed by atoms with van der Waals surface area (Å²) >= 11 is 0. The van der Waals surface area contributed by atoms with Gasteiger partial charge in [-0.1, -0.05) is 0 Å². The van der Waals surface area contributed by atoms with Gasteiger partial charge in [-0.2, -0.15) is 0 Å². The van der Waals surface area contributed by atoms with E-state index in [4.69, 9.17) is 5.11 Å². The van der Waals surface area contributed by atoms with E-state index in [1.165, 1.54) is 4.90 Å². The zero-order valence-corrected chi connectivity index (χ0v) is 10.5. The number of carbonyl (C=O) groups excluding carboxylic acids is 1. The number of aliphatic hydroxyl groups excluding tert-OH is 1. The number of hydrogen-bond acceptors (Lipinski definition) is 5. The molecule has 8 heteroatoms. The predicted molar refractivity (Wildman–Crippen MR) is 67.0 cm³/mol. The van der Waals surface area contributed by atoms with Crippen LogP contribution in [0, 0.1) is 10.1 Å². The van der Waals surface area contributed by atoms with Gasteiger partial charge in [0.1, 0.15) is 5.56 Å². The van der Waals surface area contributed by atoms with Crippen molar-refractivity contribution in [2.75, 3.05) is 19.7 Å².